The molecule has 2 saturated carbocycles. The number of fused-ring (bicyclic) bond motifs is 3. The average Bonchev–Trinajstić information content (AvgIpc) is 2.70. The molecule has 2 aliphatic carbocycles. The molecule has 3 rings (SSSR count). The van der Waals surface area contributed by atoms with E-state index in [2.05, 4.69) is 6.92 Å². The lowest BCUT2D eigenvalue weighted by atomic mass is 9.70. The molecule has 4 atom stereocenters. The molecule has 3 fully saturated rings. The van der Waals surface area contributed by atoms with Gasteiger partial charge in [0.25, 0.3) is 0 Å². The summed E-state index contributed by atoms with van der Waals surface area (Å²) in [5.74, 6) is 2.44. The van der Waals surface area contributed by atoms with Gasteiger partial charge in [0, 0.05) is 0 Å². The molecule has 0 amide bonds. The lowest BCUT2D eigenvalue weighted by molar-refractivity contribution is -0.149. The Morgan fingerprint density at radius 3 is 2.77 bits per heavy atom. The molecule has 2 bridgehead atoms. The van der Waals surface area contributed by atoms with Crippen molar-refractivity contribution in [3.8, 4) is 0 Å². The maximum Gasteiger partial charge on any atom is 0.312 e. The summed E-state index contributed by atoms with van der Waals surface area (Å²) >= 11 is 0. The van der Waals surface area contributed by atoms with Crippen molar-refractivity contribution in [1.29, 1.82) is 0 Å². The van der Waals surface area contributed by atoms with Gasteiger partial charge in [-0.15, -0.1) is 0 Å². The second kappa shape index (κ2) is 2.28. The third-order valence-corrected chi connectivity index (χ3v) is 4.64. The van der Waals surface area contributed by atoms with Crippen LogP contribution in [0.1, 0.15) is 32.6 Å². The normalized spacial score (nSPS) is 53.3. The summed E-state index contributed by atoms with van der Waals surface area (Å²) in [7, 11) is 0. The van der Waals surface area contributed by atoms with Crippen LogP contribution in [-0.2, 0) is 9.53 Å². The van der Waals surface area contributed by atoms with E-state index in [1.54, 1.807) is 0 Å². The van der Waals surface area contributed by atoms with E-state index >= 15 is 0 Å². The second-order valence-corrected chi connectivity index (χ2v) is 5.15. The van der Waals surface area contributed by atoms with Crippen LogP contribution in [0.2, 0.25) is 0 Å². The van der Waals surface area contributed by atoms with Gasteiger partial charge in [-0.1, -0.05) is 6.92 Å². The molecule has 1 aliphatic heterocycles. The van der Waals surface area contributed by atoms with Crippen molar-refractivity contribution in [1.82, 2.24) is 0 Å². The van der Waals surface area contributed by atoms with E-state index in [1.807, 2.05) is 0 Å². The van der Waals surface area contributed by atoms with E-state index in [1.165, 1.54) is 12.8 Å². The number of hydrogen-bond acceptors (Lipinski definition) is 2. The highest BCUT2D eigenvalue weighted by Gasteiger charge is 2.60. The van der Waals surface area contributed by atoms with Crippen LogP contribution in [0.25, 0.3) is 0 Å². The van der Waals surface area contributed by atoms with Crippen LogP contribution in [0.4, 0.5) is 0 Å². The van der Waals surface area contributed by atoms with Gasteiger partial charge in [-0.05, 0) is 43.4 Å². The Bertz CT molecular complexity index is 259. The van der Waals surface area contributed by atoms with Crippen LogP contribution in [-0.4, -0.2) is 12.6 Å². The Kier molecular flexibility index (Phi) is 1.38. The zero-order valence-corrected chi connectivity index (χ0v) is 8.08. The Morgan fingerprint density at radius 2 is 2.31 bits per heavy atom. The van der Waals surface area contributed by atoms with Crippen LogP contribution in [0.5, 0.6) is 0 Å². The number of cyclic esters (lactones) is 1. The number of carbonyl (C=O) groups is 1. The third-order valence-electron chi connectivity index (χ3n) is 4.64. The maximum absolute atomic E-state index is 11.7. The largest absolute Gasteiger partial charge is 0.465 e. The summed E-state index contributed by atoms with van der Waals surface area (Å²) in [6, 6.07) is 0. The molecule has 2 nitrogen and oxygen atoms in total. The lowest BCUT2D eigenvalue weighted by Gasteiger charge is -2.31. The molecule has 0 aromatic rings. The molecule has 72 valence electrons. The lowest BCUT2D eigenvalue weighted by Crippen LogP contribution is -2.34. The van der Waals surface area contributed by atoms with Crippen molar-refractivity contribution in [2.45, 2.75) is 32.6 Å². The van der Waals surface area contributed by atoms with Crippen LogP contribution >= 0.6 is 0 Å². The molecule has 2 unspecified atom stereocenters. The molecule has 1 saturated heterocycles. The summed E-state index contributed by atoms with van der Waals surface area (Å²) in [6.45, 7) is 3.01. The Hall–Kier alpha value is -0.530. The van der Waals surface area contributed by atoms with Gasteiger partial charge in [0.05, 0.1) is 12.0 Å². The molecular formula is C11H16O2. The fourth-order valence-electron chi connectivity index (χ4n) is 3.83. The minimum Gasteiger partial charge on any atom is -0.465 e. The van der Waals surface area contributed by atoms with Crippen molar-refractivity contribution < 1.29 is 9.53 Å². The molecule has 3 aliphatic rings. The summed E-state index contributed by atoms with van der Waals surface area (Å²) < 4.78 is 5.14. The first-order chi connectivity index (χ1) is 6.22. The van der Waals surface area contributed by atoms with E-state index in [-0.39, 0.29) is 11.4 Å². The predicted octanol–water partition coefficient (Wildman–Crippen LogP) is 1.99. The zero-order chi connectivity index (χ0) is 9.05. The highest BCUT2D eigenvalue weighted by molar-refractivity contribution is 5.79. The van der Waals surface area contributed by atoms with E-state index in [4.69, 9.17) is 4.74 Å². The first-order valence-electron chi connectivity index (χ1n) is 5.39. The van der Waals surface area contributed by atoms with Crippen molar-refractivity contribution in [3.63, 3.8) is 0 Å². The van der Waals surface area contributed by atoms with Gasteiger partial charge in [-0.25, -0.2) is 0 Å². The molecule has 1 spiro atoms. The van der Waals surface area contributed by atoms with Crippen molar-refractivity contribution >= 4 is 5.97 Å². The van der Waals surface area contributed by atoms with Gasteiger partial charge in [-0.3, -0.25) is 4.79 Å². The highest BCUT2D eigenvalue weighted by atomic mass is 16.5. The highest BCUT2D eigenvalue weighted by Crippen LogP contribution is 2.61. The predicted molar refractivity (Wildman–Crippen MR) is 48.0 cm³/mol. The second-order valence-electron chi connectivity index (χ2n) is 5.15. The van der Waals surface area contributed by atoms with Crippen molar-refractivity contribution in [2.24, 2.45) is 23.2 Å². The van der Waals surface area contributed by atoms with Crippen LogP contribution < -0.4 is 0 Å². The van der Waals surface area contributed by atoms with E-state index in [9.17, 15) is 4.79 Å². The molecule has 0 aromatic heterocycles. The van der Waals surface area contributed by atoms with Gasteiger partial charge in [-0.2, -0.15) is 0 Å². The summed E-state index contributed by atoms with van der Waals surface area (Å²) in [5, 5.41) is 0. The first kappa shape index (κ1) is 7.84. The third kappa shape index (κ3) is 0.818. The minimum atomic E-state index is -0.0167. The van der Waals surface area contributed by atoms with Gasteiger partial charge >= 0.3 is 5.97 Å². The minimum absolute atomic E-state index is 0.0167. The quantitative estimate of drug-likeness (QED) is 0.533. The number of ether oxygens (including phenoxy) is 1. The Morgan fingerprint density at radius 1 is 1.46 bits per heavy atom. The van der Waals surface area contributed by atoms with Gasteiger partial charge in [0.1, 0.15) is 0 Å². The standard InChI is InChI=1S/C11H16O2/c1-7-4-9-5-8(7)6-11(9)2-3-13-10(11)12/h7-9H,2-6H2,1H3/t7?,8-,9+,11?/m0/s1. The number of carbonyl (C=O) groups excluding carboxylic acids is 1. The number of hydrogen-bond donors (Lipinski definition) is 0. The van der Waals surface area contributed by atoms with Crippen LogP contribution in [0.15, 0.2) is 0 Å². The van der Waals surface area contributed by atoms with E-state index in [0.29, 0.717) is 12.5 Å². The molecule has 1 heterocycles. The molecule has 13 heavy (non-hydrogen) atoms. The smallest absolute Gasteiger partial charge is 0.312 e. The number of rotatable bonds is 0. The molecular weight excluding hydrogens is 164 g/mol. The zero-order valence-electron chi connectivity index (χ0n) is 8.08. The maximum atomic E-state index is 11.7. The van der Waals surface area contributed by atoms with Crippen LogP contribution in [0.3, 0.4) is 0 Å². The summed E-state index contributed by atoms with van der Waals surface area (Å²) in [4.78, 5) is 11.7. The molecule has 2 heteroatoms. The van der Waals surface area contributed by atoms with E-state index < -0.39 is 0 Å². The Labute approximate surface area is 78.6 Å². The van der Waals surface area contributed by atoms with E-state index in [0.717, 1.165) is 24.7 Å². The first-order valence-corrected chi connectivity index (χ1v) is 5.39. The summed E-state index contributed by atoms with van der Waals surface area (Å²) in [5.41, 5.74) is -0.0167. The SMILES string of the molecule is CC1C[C@@H]2C[C@H]1CC21CCOC1=O. The monoisotopic (exact) mass is 180 g/mol. The molecule has 0 radical (unpaired) electrons. The van der Waals surface area contributed by atoms with Gasteiger partial charge < -0.3 is 4.74 Å². The van der Waals surface area contributed by atoms with Gasteiger partial charge in [0.2, 0.25) is 0 Å². The molecule has 0 aromatic carbocycles. The Balaban J connectivity index is 1.92. The molecule has 0 N–H and O–H groups in total. The number of esters is 1. The topological polar surface area (TPSA) is 26.3 Å². The average molecular weight is 180 g/mol. The fraction of sp³-hybridized carbons (Fsp3) is 0.909. The van der Waals surface area contributed by atoms with Crippen molar-refractivity contribution in [2.75, 3.05) is 6.61 Å². The summed E-state index contributed by atoms with van der Waals surface area (Å²) in [6.07, 6.45) is 4.67. The van der Waals surface area contributed by atoms with Crippen LogP contribution in [0, 0.1) is 23.2 Å². The fourth-order valence-corrected chi connectivity index (χ4v) is 3.83. The van der Waals surface area contributed by atoms with Crippen molar-refractivity contribution in [3.05, 3.63) is 0 Å². The van der Waals surface area contributed by atoms with Gasteiger partial charge in [0.15, 0.2) is 0 Å².